The average molecular weight is 342 g/mol. The number of hydrogen-bond acceptors (Lipinski definition) is 4. The standard InChI is InChI=1S/C19H26N4O2/c24-18(9-11-21-19(25)16-6-2-1-3-7-16)23-14-12-22(13-15-23)17-8-4-5-10-20-17/h1-2,4-5,8,10,16H,3,6-7,9,11-15H2,(H,21,25)/t16-/m0/s1. The Morgan fingerprint density at radius 2 is 2.00 bits per heavy atom. The van der Waals surface area contributed by atoms with E-state index >= 15 is 0 Å². The Morgan fingerprint density at radius 1 is 1.16 bits per heavy atom. The zero-order chi connectivity index (χ0) is 17.5. The van der Waals surface area contributed by atoms with E-state index in [2.05, 4.69) is 27.4 Å². The number of hydrogen-bond donors (Lipinski definition) is 1. The van der Waals surface area contributed by atoms with Crippen LogP contribution in [0, 0.1) is 5.92 Å². The van der Waals surface area contributed by atoms with E-state index in [0.29, 0.717) is 26.1 Å². The molecule has 6 nitrogen and oxygen atoms in total. The van der Waals surface area contributed by atoms with Gasteiger partial charge in [-0.25, -0.2) is 4.98 Å². The van der Waals surface area contributed by atoms with Gasteiger partial charge < -0.3 is 15.1 Å². The second kappa shape index (κ2) is 8.65. The van der Waals surface area contributed by atoms with Crippen LogP contribution in [0.15, 0.2) is 36.5 Å². The van der Waals surface area contributed by atoms with Crippen molar-refractivity contribution < 1.29 is 9.59 Å². The van der Waals surface area contributed by atoms with Gasteiger partial charge in [0.1, 0.15) is 5.82 Å². The largest absolute Gasteiger partial charge is 0.355 e. The van der Waals surface area contributed by atoms with Gasteiger partial charge in [0.2, 0.25) is 11.8 Å². The van der Waals surface area contributed by atoms with Crippen LogP contribution in [0.2, 0.25) is 0 Å². The minimum absolute atomic E-state index is 0.0713. The summed E-state index contributed by atoms with van der Waals surface area (Å²) in [7, 11) is 0. The fourth-order valence-corrected chi connectivity index (χ4v) is 3.35. The number of carbonyl (C=O) groups is 2. The van der Waals surface area contributed by atoms with Crippen molar-refractivity contribution in [3.8, 4) is 0 Å². The molecule has 0 saturated carbocycles. The molecule has 1 aliphatic heterocycles. The molecule has 1 saturated heterocycles. The van der Waals surface area contributed by atoms with Gasteiger partial charge in [-0.3, -0.25) is 9.59 Å². The predicted molar refractivity (Wildman–Crippen MR) is 97.1 cm³/mol. The average Bonchev–Trinajstić information content (AvgIpc) is 2.69. The number of carbonyl (C=O) groups excluding carboxylic acids is 2. The summed E-state index contributed by atoms with van der Waals surface area (Å²) in [5.41, 5.74) is 0. The minimum Gasteiger partial charge on any atom is -0.355 e. The molecule has 0 radical (unpaired) electrons. The zero-order valence-electron chi connectivity index (χ0n) is 14.6. The molecule has 3 rings (SSSR count). The van der Waals surface area contributed by atoms with Crippen molar-refractivity contribution in [2.24, 2.45) is 5.92 Å². The van der Waals surface area contributed by atoms with Crippen molar-refractivity contribution >= 4 is 17.6 Å². The highest BCUT2D eigenvalue weighted by Gasteiger charge is 2.22. The van der Waals surface area contributed by atoms with Crippen LogP contribution in [0.3, 0.4) is 0 Å². The Bertz CT molecular complexity index is 609. The molecule has 2 aliphatic rings. The SMILES string of the molecule is O=C(NCCC(=O)N1CCN(c2ccccn2)CC1)[C@H]1CC=CCC1. The number of pyridine rings is 1. The van der Waals surface area contributed by atoms with Crippen molar-refractivity contribution in [3.05, 3.63) is 36.5 Å². The lowest BCUT2D eigenvalue weighted by molar-refractivity contribution is -0.131. The summed E-state index contributed by atoms with van der Waals surface area (Å²) >= 11 is 0. The van der Waals surface area contributed by atoms with Crippen LogP contribution < -0.4 is 10.2 Å². The fourth-order valence-electron chi connectivity index (χ4n) is 3.35. The maximum absolute atomic E-state index is 12.3. The van der Waals surface area contributed by atoms with Crippen molar-refractivity contribution in [2.75, 3.05) is 37.6 Å². The van der Waals surface area contributed by atoms with Crippen LogP contribution in [-0.4, -0.2) is 54.4 Å². The maximum Gasteiger partial charge on any atom is 0.224 e. The van der Waals surface area contributed by atoms with Crippen LogP contribution in [0.4, 0.5) is 5.82 Å². The zero-order valence-corrected chi connectivity index (χ0v) is 14.6. The third-order valence-corrected chi connectivity index (χ3v) is 4.88. The molecule has 2 heterocycles. The Hall–Kier alpha value is -2.37. The number of amides is 2. The second-order valence-electron chi connectivity index (χ2n) is 6.58. The first kappa shape index (κ1) is 17.5. The molecule has 134 valence electrons. The molecule has 1 N–H and O–H groups in total. The van der Waals surface area contributed by atoms with Crippen LogP contribution in [0.1, 0.15) is 25.7 Å². The second-order valence-corrected chi connectivity index (χ2v) is 6.58. The molecule has 1 atom stereocenters. The third-order valence-electron chi connectivity index (χ3n) is 4.88. The molecule has 0 aromatic carbocycles. The highest BCUT2D eigenvalue weighted by Crippen LogP contribution is 2.18. The summed E-state index contributed by atoms with van der Waals surface area (Å²) in [5, 5.41) is 2.92. The Morgan fingerprint density at radius 3 is 2.68 bits per heavy atom. The molecule has 1 fully saturated rings. The first-order valence-electron chi connectivity index (χ1n) is 9.10. The normalized spacial score (nSPS) is 20.4. The summed E-state index contributed by atoms with van der Waals surface area (Å²) in [4.78, 5) is 32.8. The monoisotopic (exact) mass is 342 g/mol. The number of allylic oxidation sites excluding steroid dienone is 2. The number of rotatable bonds is 5. The molecule has 0 spiro atoms. The summed E-state index contributed by atoms with van der Waals surface area (Å²) in [6, 6.07) is 5.87. The van der Waals surface area contributed by atoms with E-state index in [1.165, 1.54) is 0 Å². The summed E-state index contributed by atoms with van der Waals surface area (Å²) < 4.78 is 0. The van der Waals surface area contributed by atoms with E-state index < -0.39 is 0 Å². The van der Waals surface area contributed by atoms with Gasteiger partial charge in [0.05, 0.1) is 0 Å². The summed E-state index contributed by atoms with van der Waals surface area (Å²) in [5.74, 6) is 1.23. The van der Waals surface area contributed by atoms with E-state index in [9.17, 15) is 9.59 Å². The van der Waals surface area contributed by atoms with Gasteiger partial charge in [0.25, 0.3) is 0 Å². The van der Waals surface area contributed by atoms with Crippen LogP contribution in [0.25, 0.3) is 0 Å². The van der Waals surface area contributed by atoms with Crippen LogP contribution >= 0.6 is 0 Å². The number of nitrogens with one attached hydrogen (secondary N) is 1. The maximum atomic E-state index is 12.3. The van der Waals surface area contributed by atoms with Crippen molar-refractivity contribution in [1.29, 1.82) is 0 Å². The van der Waals surface area contributed by atoms with E-state index in [1.807, 2.05) is 23.1 Å². The van der Waals surface area contributed by atoms with Gasteiger partial charge in [-0.2, -0.15) is 0 Å². The van der Waals surface area contributed by atoms with Crippen molar-refractivity contribution in [1.82, 2.24) is 15.2 Å². The molecule has 0 bridgehead atoms. The molecule has 0 unspecified atom stereocenters. The highest BCUT2D eigenvalue weighted by molar-refractivity contribution is 5.81. The van der Waals surface area contributed by atoms with Crippen molar-refractivity contribution in [3.63, 3.8) is 0 Å². The van der Waals surface area contributed by atoms with E-state index in [4.69, 9.17) is 0 Å². The smallest absolute Gasteiger partial charge is 0.224 e. The molecule has 1 aromatic rings. The molecule has 2 amide bonds. The number of nitrogens with zero attached hydrogens (tertiary/aromatic N) is 3. The molecule has 1 aliphatic carbocycles. The number of aromatic nitrogens is 1. The third kappa shape index (κ3) is 4.81. The highest BCUT2D eigenvalue weighted by atomic mass is 16.2. The molecule has 1 aromatic heterocycles. The predicted octanol–water partition coefficient (Wildman–Crippen LogP) is 1.59. The van der Waals surface area contributed by atoms with Crippen LogP contribution in [0.5, 0.6) is 0 Å². The van der Waals surface area contributed by atoms with Gasteiger partial charge in [0.15, 0.2) is 0 Å². The lowest BCUT2D eigenvalue weighted by Crippen LogP contribution is -2.49. The molecular weight excluding hydrogens is 316 g/mol. The molecule has 25 heavy (non-hydrogen) atoms. The number of piperazine rings is 1. The van der Waals surface area contributed by atoms with Crippen LogP contribution in [-0.2, 0) is 9.59 Å². The quantitative estimate of drug-likeness (QED) is 0.826. The molecule has 6 heteroatoms. The van der Waals surface area contributed by atoms with Gasteiger partial charge in [0, 0.05) is 51.3 Å². The van der Waals surface area contributed by atoms with E-state index in [0.717, 1.165) is 38.2 Å². The lowest BCUT2D eigenvalue weighted by atomic mass is 9.94. The Balaban J connectivity index is 1.36. The first-order chi connectivity index (χ1) is 12.2. The Kier molecular flexibility index (Phi) is 6.04. The first-order valence-corrected chi connectivity index (χ1v) is 9.10. The van der Waals surface area contributed by atoms with Gasteiger partial charge in [-0.15, -0.1) is 0 Å². The summed E-state index contributed by atoms with van der Waals surface area (Å²) in [6.45, 7) is 3.43. The van der Waals surface area contributed by atoms with Crippen molar-refractivity contribution in [2.45, 2.75) is 25.7 Å². The fraction of sp³-hybridized carbons (Fsp3) is 0.526. The summed E-state index contributed by atoms with van der Waals surface area (Å²) in [6.07, 6.45) is 9.05. The topological polar surface area (TPSA) is 65.5 Å². The minimum atomic E-state index is 0.0713. The van der Waals surface area contributed by atoms with Gasteiger partial charge in [-0.1, -0.05) is 18.2 Å². The Labute approximate surface area is 148 Å². The molecular formula is C19H26N4O2. The van der Waals surface area contributed by atoms with Gasteiger partial charge in [-0.05, 0) is 31.4 Å². The van der Waals surface area contributed by atoms with Gasteiger partial charge >= 0.3 is 0 Å². The lowest BCUT2D eigenvalue weighted by Gasteiger charge is -2.35. The number of anilines is 1. The van der Waals surface area contributed by atoms with E-state index in [-0.39, 0.29) is 17.7 Å². The van der Waals surface area contributed by atoms with E-state index in [1.54, 1.807) is 6.20 Å².